The normalized spacial score (nSPS) is 39.3. The lowest BCUT2D eigenvalue weighted by Gasteiger charge is -2.59. The molecule has 6 heteroatoms. The van der Waals surface area contributed by atoms with Crippen LogP contribution in [0.25, 0.3) is 0 Å². The molecule has 1 amide bonds. The van der Waals surface area contributed by atoms with Crippen LogP contribution in [0.5, 0.6) is 0 Å². The zero-order valence-electron chi connectivity index (χ0n) is 22.7. The summed E-state index contributed by atoms with van der Waals surface area (Å²) in [6.45, 7) is 8.92. The van der Waals surface area contributed by atoms with Crippen LogP contribution in [-0.4, -0.2) is 43.3 Å². The number of ether oxygens (including phenoxy) is 1. The maximum atomic E-state index is 12.5. The second-order valence-corrected chi connectivity index (χ2v) is 13.1. The molecule has 6 nitrogen and oxygen atoms in total. The van der Waals surface area contributed by atoms with Crippen LogP contribution in [-0.2, 0) is 4.74 Å². The molecule has 0 spiro atoms. The Morgan fingerprint density at radius 1 is 1.14 bits per heavy atom. The number of alkyl carbamates (subject to hydrolysis) is 1. The average Bonchev–Trinajstić information content (AvgIpc) is 3.52. The highest BCUT2D eigenvalue weighted by molar-refractivity contribution is 5.67. The standard InChI is InChI=1S/C31H44N2O4/c1-30-13-11-23(37-29(35)32-15-18-33-16-3-4-17-33)19-22(30)6-7-24-26-9-8-25(21-5-10-28(34)36-20-21)31(26,2)14-12-27(24)30/h5,9-10,20,22-25,27H,3-4,6-8,11-19H2,1-2H3,(H,32,35)/t22-,23+,24+,25-,27?,30+,31-/m1/s1. The minimum atomic E-state index is -0.269. The molecular weight excluding hydrogens is 464 g/mol. The number of hydrogen-bond donors (Lipinski definition) is 1. The first-order valence-corrected chi connectivity index (χ1v) is 14.8. The van der Waals surface area contributed by atoms with Gasteiger partial charge in [-0.3, -0.25) is 0 Å². The first-order chi connectivity index (χ1) is 17.9. The van der Waals surface area contributed by atoms with Crippen molar-refractivity contribution in [2.24, 2.45) is 28.6 Å². The molecule has 1 unspecified atom stereocenters. The molecule has 1 N–H and O–H groups in total. The summed E-state index contributed by atoms with van der Waals surface area (Å²) in [7, 11) is 0. The number of nitrogens with zero attached hydrogens (tertiary/aromatic N) is 1. The number of amides is 1. The molecule has 202 valence electrons. The van der Waals surface area contributed by atoms with Gasteiger partial charge in [-0.1, -0.05) is 25.5 Å². The predicted octanol–water partition coefficient (Wildman–Crippen LogP) is 5.88. The SMILES string of the molecule is C[C@]12CCC3[C@@H](CC[C@@H]4C[C@@H](OC(=O)NCCN5CCCC5)CC[C@]34C)C1=CC[C@@H]2c1ccc(=O)oc1. The summed E-state index contributed by atoms with van der Waals surface area (Å²) in [5.41, 5.74) is 3.07. The fraction of sp³-hybridized carbons (Fsp3) is 0.742. The van der Waals surface area contributed by atoms with Crippen molar-refractivity contribution in [2.75, 3.05) is 26.2 Å². The van der Waals surface area contributed by atoms with Crippen LogP contribution in [0.1, 0.15) is 89.5 Å². The van der Waals surface area contributed by atoms with E-state index in [0.29, 0.717) is 35.6 Å². The lowest BCUT2D eigenvalue weighted by Crippen LogP contribution is -2.52. The largest absolute Gasteiger partial charge is 0.446 e. The van der Waals surface area contributed by atoms with Gasteiger partial charge in [0.25, 0.3) is 0 Å². The molecule has 1 aromatic rings. The van der Waals surface area contributed by atoms with Crippen molar-refractivity contribution in [3.63, 3.8) is 0 Å². The molecule has 4 fully saturated rings. The Hall–Kier alpha value is -2.08. The lowest BCUT2D eigenvalue weighted by atomic mass is 9.46. The number of allylic oxidation sites excluding steroid dienone is 2. The van der Waals surface area contributed by atoms with Crippen molar-refractivity contribution < 1.29 is 13.9 Å². The lowest BCUT2D eigenvalue weighted by molar-refractivity contribution is -0.0842. The summed E-state index contributed by atoms with van der Waals surface area (Å²) in [4.78, 5) is 26.4. The molecule has 6 rings (SSSR count). The van der Waals surface area contributed by atoms with E-state index in [2.05, 4.69) is 30.1 Å². The van der Waals surface area contributed by atoms with Crippen LogP contribution < -0.4 is 10.9 Å². The van der Waals surface area contributed by atoms with Gasteiger partial charge in [-0.15, -0.1) is 0 Å². The van der Waals surface area contributed by atoms with Crippen LogP contribution in [0, 0.1) is 28.6 Å². The highest BCUT2D eigenvalue weighted by Gasteiger charge is 2.58. The van der Waals surface area contributed by atoms with Gasteiger partial charge in [0.15, 0.2) is 0 Å². The van der Waals surface area contributed by atoms with Gasteiger partial charge >= 0.3 is 11.7 Å². The highest BCUT2D eigenvalue weighted by atomic mass is 16.6. The third kappa shape index (κ3) is 4.57. The Morgan fingerprint density at radius 2 is 1.97 bits per heavy atom. The number of nitrogens with one attached hydrogen (secondary N) is 1. The summed E-state index contributed by atoms with van der Waals surface area (Å²) < 4.78 is 11.2. The van der Waals surface area contributed by atoms with Crippen molar-refractivity contribution in [2.45, 2.75) is 90.1 Å². The molecule has 0 radical (unpaired) electrons. The molecule has 1 aliphatic heterocycles. The van der Waals surface area contributed by atoms with Crippen LogP contribution in [0.3, 0.4) is 0 Å². The maximum absolute atomic E-state index is 12.5. The number of rotatable bonds is 5. The summed E-state index contributed by atoms with van der Waals surface area (Å²) in [6.07, 6.45) is 15.8. The predicted molar refractivity (Wildman–Crippen MR) is 143 cm³/mol. The quantitative estimate of drug-likeness (QED) is 0.503. The molecule has 0 aromatic carbocycles. The van der Waals surface area contributed by atoms with Crippen LogP contribution >= 0.6 is 0 Å². The smallest absolute Gasteiger partial charge is 0.407 e. The Kier molecular flexibility index (Phi) is 6.75. The minimum absolute atomic E-state index is 0.0538. The molecule has 2 heterocycles. The minimum Gasteiger partial charge on any atom is -0.446 e. The maximum Gasteiger partial charge on any atom is 0.407 e. The molecule has 0 bridgehead atoms. The van der Waals surface area contributed by atoms with Gasteiger partial charge in [-0.05, 0) is 123 Å². The van der Waals surface area contributed by atoms with Gasteiger partial charge in [0.2, 0.25) is 0 Å². The van der Waals surface area contributed by atoms with E-state index in [1.165, 1.54) is 44.1 Å². The zero-order valence-corrected chi connectivity index (χ0v) is 22.7. The van der Waals surface area contributed by atoms with Crippen molar-refractivity contribution in [3.05, 3.63) is 46.0 Å². The van der Waals surface area contributed by atoms with Gasteiger partial charge in [-0.2, -0.15) is 0 Å². The van der Waals surface area contributed by atoms with Crippen molar-refractivity contribution >= 4 is 6.09 Å². The molecule has 37 heavy (non-hydrogen) atoms. The molecule has 1 aromatic heterocycles. The molecule has 5 aliphatic rings. The van der Waals surface area contributed by atoms with E-state index >= 15 is 0 Å². The van der Waals surface area contributed by atoms with E-state index in [1.807, 2.05) is 6.07 Å². The topological polar surface area (TPSA) is 71.8 Å². The van der Waals surface area contributed by atoms with Crippen LogP contribution in [0.15, 0.2) is 39.3 Å². The number of fused-ring (bicyclic) bond motifs is 5. The summed E-state index contributed by atoms with van der Waals surface area (Å²) in [5, 5.41) is 3.00. The van der Waals surface area contributed by atoms with E-state index in [9.17, 15) is 9.59 Å². The number of likely N-dealkylation sites (tertiary alicyclic amines) is 1. The van der Waals surface area contributed by atoms with E-state index in [4.69, 9.17) is 9.15 Å². The third-order valence-electron chi connectivity index (χ3n) is 11.3. The Morgan fingerprint density at radius 3 is 2.76 bits per heavy atom. The van der Waals surface area contributed by atoms with Gasteiger partial charge in [0.1, 0.15) is 6.10 Å². The Bertz CT molecular complexity index is 1070. The average molecular weight is 509 g/mol. The monoisotopic (exact) mass is 508 g/mol. The first kappa shape index (κ1) is 25.2. The Labute approximate surface area is 221 Å². The number of carbonyl (C=O) groups excluding carboxylic acids is 1. The first-order valence-electron chi connectivity index (χ1n) is 14.8. The third-order valence-corrected chi connectivity index (χ3v) is 11.3. The highest BCUT2D eigenvalue weighted by Crippen LogP contribution is 2.67. The number of carbonyl (C=O) groups is 1. The second kappa shape index (κ2) is 9.91. The fourth-order valence-corrected chi connectivity index (χ4v) is 9.24. The molecule has 7 atom stereocenters. The molecule has 1 saturated heterocycles. The van der Waals surface area contributed by atoms with Crippen LogP contribution in [0.2, 0.25) is 0 Å². The Balaban J connectivity index is 1.07. The van der Waals surface area contributed by atoms with Gasteiger partial charge in [0, 0.05) is 19.2 Å². The summed E-state index contributed by atoms with van der Waals surface area (Å²) in [5.74, 6) is 2.42. The van der Waals surface area contributed by atoms with Crippen molar-refractivity contribution in [1.82, 2.24) is 10.2 Å². The summed E-state index contributed by atoms with van der Waals surface area (Å²) in [6, 6.07) is 3.55. The van der Waals surface area contributed by atoms with Gasteiger partial charge in [0.05, 0.1) is 6.26 Å². The van der Waals surface area contributed by atoms with E-state index in [1.54, 1.807) is 17.9 Å². The molecule has 4 aliphatic carbocycles. The fourth-order valence-electron chi connectivity index (χ4n) is 9.24. The van der Waals surface area contributed by atoms with Crippen molar-refractivity contribution in [1.29, 1.82) is 0 Å². The van der Waals surface area contributed by atoms with E-state index < -0.39 is 0 Å². The second-order valence-electron chi connectivity index (χ2n) is 13.1. The molecule has 3 saturated carbocycles. The van der Waals surface area contributed by atoms with Gasteiger partial charge in [-0.25, -0.2) is 9.59 Å². The summed E-state index contributed by atoms with van der Waals surface area (Å²) >= 11 is 0. The van der Waals surface area contributed by atoms with E-state index in [-0.39, 0.29) is 23.2 Å². The van der Waals surface area contributed by atoms with Gasteiger partial charge < -0.3 is 19.4 Å². The molecular formula is C31H44N2O4. The van der Waals surface area contributed by atoms with E-state index in [0.717, 1.165) is 45.3 Å². The van der Waals surface area contributed by atoms with Crippen LogP contribution in [0.4, 0.5) is 4.79 Å². The number of hydrogen-bond acceptors (Lipinski definition) is 5. The zero-order chi connectivity index (χ0) is 25.6. The van der Waals surface area contributed by atoms with Crippen molar-refractivity contribution in [3.8, 4) is 0 Å².